The van der Waals surface area contributed by atoms with E-state index in [0.717, 1.165) is 6.92 Å². The molecule has 4 heterocycles. The number of aliphatic hydroxyl groups is 11. The molecule has 0 spiro atoms. The molecule has 0 radical (unpaired) electrons. The number of aliphatic hydroxyl groups excluding tert-OH is 11. The van der Waals surface area contributed by atoms with E-state index in [4.69, 9.17) is 37.7 Å². The van der Waals surface area contributed by atoms with E-state index in [1.807, 2.05) is 0 Å². The summed E-state index contributed by atoms with van der Waals surface area (Å²) >= 11 is 0. The van der Waals surface area contributed by atoms with Gasteiger partial charge in [-0.2, -0.15) is 8.42 Å². The molecule has 0 bridgehead atoms. The van der Waals surface area contributed by atoms with Crippen molar-refractivity contribution in [3.63, 3.8) is 0 Å². The van der Waals surface area contributed by atoms with Gasteiger partial charge in [0.1, 0.15) is 91.5 Å². The highest BCUT2D eigenvalue weighted by Crippen LogP contribution is 2.34. The number of carboxylic acids is 1. The summed E-state index contributed by atoms with van der Waals surface area (Å²) in [5.41, 5.74) is 0. The smallest absolute Gasteiger partial charge is 0.397 e. The molecule has 26 nitrogen and oxygen atoms in total. The molecule has 4 aliphatic heterocycles. The lowest BCUT2D eigenvalue weighted by atomic mass is 9.95. The number of rotatable bonds is 13. The maximum Gasteiger partial charge on any atom is 0.397 e. The van der Waals surface area contributed by atoms with Crippen molar-refractivity contribution in [1.29, 1.82) is 0 Å². The quantitative estimate of drug-likeness (QED) is 0.0769. The fourth-order valence-electron chi connectivity index (χ4n) is 6.16. The average Bonchev–Trinajstić information content (AvgIpc) is 3.08. The van der Waals surface area contributed by atoms with Gasteiger partial charge in [0, 0.05) is 6.92 Å². The Labute approximate surface area is 298 Å². The molecule has 0 aromatic rings. The molecule has 0 unspecified atom stereocenters. The molecular weight excluding hydrogens is 758 g/mol. The molecule has 4 rings (SSSR count). The number of hydrogen-bond acceptors (Lipinski definition) is 23. The Balaban J connectivity index is 1.54. The van der Waals surface area contributed by atoms with Crippen LogP contribution in [0.2, 0.25) is 0 Å². The first-order valence-electron chi connectivity index (χ1n) is 15.7. The number of carbonyl (C=O) groups is 2. The maximum atomic E-state index is 11.8. The van der Waals surface area contributed by atoms with Crippen LogP contribution in [0.3, 0.4) is 0 Å². The molecule has 0 aromatic carbocycles. The van der Waals surface area contributed by atoms with Gasteiger partial charge in [0.15, 0.2) is 31.3 Å². The normalized spacial score (nSPS) is 46.8. The van der Waals surface area contributed by atoms with Gasteiger partial charge in [-0.25, -0.2) is 8.98 Å². The minimum atomic E-state index is -5.44. The van der Waals surface area contributed by atoms with Crippen LogP contribution >= 0.6 is 0 Å². The van der Waals surface area contributed by atoms with Crippen molar-refractivity contribution in [1.82, 2.24) is 5.32 Å². The number of carbonyl (C=O) groups excluding carboxylic acids is 1. The number of nitrogens with one attached hydrogen (secondary N) is 1. The molecule has 4 fully saturated rings. The Morgan fingerprint density at radius 1 is 0.604 bits per heavy atom. The van der Waals surface area contributed by atoms with Crippen LogP contribution in [0.15, 0.2) is 0 Å². The van der Waals surface area contributed by atoms with Crippen LogP contribution in [-0.4, -0.2) is 229 Å². The topological polar surface area (TPSA) is 417 Å². The van der Waals surface area contributed by atoms with Crippen LogP contribution in [0.25, 0.3) is 0 Å². The lowest BCUT2D eigenvalue weighted by Gasteiger charge is -2.49. The van der Waals surface area contributed by atoms with Crippen molar-refractivity contribution in [2.75, 3.05) is 19.8 Å². The van der Waals surface area contributed by atoms with Gasteiger partial charge in [-0.15, -0.1) is 0 Å². The lowest BCUT2D eigenvalue weighted by Crippen LogP contribution is -2.69. The van der Waals surface area contributed by atoms with E-state index < -0.39 is 165 Å². The van der Waals surface area contributed by atoms with Crippen LogP contribution < -0.4 is 5.32 Å². The van der Waals surface area contributed by atoms with Crippen LogP contribution in [0.1, 0.15) is 6.92 Å². The summed E-state index contributed by atoms with van der Waals surface area (Å²) in [5, 5.41) is 127. The van der Waals surface area contributed by atoms with E-state index in [2.05, 4.69) is 9.50 Å². The predicted molar refractivity (Wildman–Crippen MR) is 156 cm³/mol. The summed E-state index contributed by atoms with van der Waals surface area (Å²) in [7, 11) is -5.44. The van der Waals surface area contributed by atoms with Gasteiger partial charge in [0.05, 0.1) is 19.8 Å². The van der Waals surface area contributed by atoms with Crippen molar-refractivity contribution in [3.05, 3.63) is 0 Å². The van der Waals surface area contributed by atoms with E-state index in [9.17, 15) is 79.3 Å². The van der Waals surface area contributed by atoms with Gasteiger partial charge in [0.25, 0.3) is 0 Å². The second-order valence-electron chi connectivity index (χ2n) is 12.4. The van der Waals surface area contributed by atoms with Crippen LogP contribution in [0.5, 0.6) is 0 Å². The van der Waals surface area contributed by atoms with E-state index in [0.29, 0.717) is 0 Å². The SMILES string of the molecule is CC(=O)N[C@@H]1[C@@H](O[C@@H]2O[C@H](CO)[C@H](O[C@@H]3O[C@H](CO)[C@H](O)[C@H](O[C@@H]4O[C@H](C(=O)O)[C@@H](O)[C@H](OS(=O)(=O)O)[C@H]4O)[C@H]3O)[C@H](O)[C@H]2O)[C@@H](O)[C@@H](CO)O[C@@H]1O. The molecular formula is C26H43NO25S. The van der Waals surface area contributed by atoms with Gasteiger partial charge in [-0.3, -0.25) is 9.35 Å². The minimum Gasteiger partial charge on any atom is -0.479 e. The Hall–Kier alpha value is -1.91. The highest BCUT2D eigenvalue weighted by atomic mass is 32.3. The van der Waals surface area contributed by atoms with Crippen LogP contribution in [-0.2, 0) is 57.3 Å². The van der Waals surface area contributed by atoms with Crippen molar-refractivity contribution in [2.45, 2.75) is 130 Å². The largest absolute Gasteiger partial charge is 0.479 e. The Morgan fingerprint density at radius 2 is 1.08 bits per heavy atom. The summed E-state index contributed by atoms with van der Waals surface area (Å²) in [4.78, 5) is 23.5. The van der Waals surface area contributed by atoms with Crippen LogP contribution in [0, 0.1) is 0 Å². The Kier molecular flexibility index (Phi) is 14.8. The second-order valence-corrected chi connectivity index (χ2v) is 13.5. The third kappa shape index (κ3) is 9.73. The molecule has 0 saturated carbocycles. The third-order valence-electron chi connectivity index (χ3n) is 8.78. The summed E-state index contributed by atoms with van der Waals surface area (Å²) < 4.78 is 73.5. The fourth-order valence-corrected chi connectivity index (χ4v) is 6.67. The molecule has 4 saturated heterocycles. The van der Waals surface area contributed by atoms with E-state index in [-0.39, 0.29) is 0 Å². The zero-order chi connectivity index (χ0) is 39.7. The number of hydrogen-bond donors (Lipinski definition) is 14. The molecule has 308 valence electrons. The molecule has 53 heavy (non-hydrogen) atoms. The van der Waals surface area contributed by atoms with Gasteiger partial charge in [-0.1, -0.05) is 0 Å². The molecule has 14 N–H and O–H groups in total. The van der Waals surface area contributed by atoms with Crippen LogP contribution in [0.4, 0.5) is 0 Å². The van der Waals surface area contributed by atoms with Gasteiger partial charge < -0.3 is 99.8 Å². The second kappa shape index (κ2) is 17.9. The summed E-state index contributed by atoms with van der Waals surface area (Å²) in [6.07, 6.45) is -38.8. The molecule has 0 aliphatic carbocycles. The molecule has 1 amide bonds. The summed E-state index contributed by atoms with van der Waals surface area (Å²) in [5.74, 6) is -2.66. The van der Waals surface area contributed by atoms with Gasteiger partial charge >= 0.3 is 16.4 Å². The van der Waals surface area contributed by atoms with Crippen molar-refractivity contribution in [2.24, 2.45) is 0 Å². The first kappa shape index (κ1) is 43.8. The Bertz CT molecular complexity index is 1340. The van der Waals surface area contributed by atoms with Gasteiger partial charge in [0.2, 0.25) is 5.91 Å². The highest BCUT2D eigenvalue weighted by molar-refractivity contribution is 7.80. The highest BCUT2D eigenvalue weighted by Gasteiger charge is 2.56. The summed E-state index contributed by atoms with van der Waals surface area (Å²) in [6.45, 7) is -1.84. The van der Waals surface area contributed by atoms with Crippen molar-refractivity contribution >= 4 is 22.3 Å². The molecule has 27 heteroatoms. The minimum absolute atomic E-state index is 0.720. The lowest BCUT2D eigenvalue weighted by molar-refractivity contribution is -0.384. The number of amides is 1. The molecule has 0 aromatic heterocycles. The summed E-state index contributed by atoms with van der Waals surface area (Å²) in [6, 6.07) is -1.51. The van der Waals surface area contributed by atoms with E-state index in [1.165, 1.54) is 0 Å². The molecule has 20 atom stereocenters. The fraction of sp³-hybridized carbons (Fsp3) is 0.923. The molecule has 4 aliphatic rings. The number of ether oxygens (including phenoxy) is 7. The zero-order valence-electron chi connectivity index (χ0n) is 27.3. The number of carboxylic acid groups (broad SMARTS) is 1. The average molecular weight is 802 g/mol. The zero-order valence-corrected chi connectivity index (χ0v) is 28.1. The predicted octanol–water partition coefficient (Wildman–Crippen LogP) is -9.69. The van der Waals surface area contributed by atoms with Crippen molar-refractivity contribution in [3.8, 4) is 0 Å². The first-order valence-corrected chi connectivity index (χ1v) is 17.1. The third-order valence-corrected chi connectivity index (χ3v) is 9.24. The number of aliphatic carboxylic acids is 1. The van der Waals surface area contributed by atoms with Gasteiger partial charge in [-0.05, 0) is 0 Å². The first-order chi connectivity index (χ1) is 24.7. The standard InChI is InChI=1S/C26H43NO25S/c1-5(31)27-9-18(10(32)6(2-28)45-23(9)41)49-24-13(35)12(34)17(8(4-30)47-24)48-25-15(37)19(11(33)7(3-29)46-25)50-26-16(38)20(52-53(42,43)44)14(36)21(51-26)22(39)40/h6-21,23-26,28-30,32-38,41H,2-4H2,1H3,(H,27,31)(H,39,40)(H,42,43,44)/t6-,7-,8-,9-,10+,11+,12-,13-,14+,15-,16-,17+,18-,19+,20+,21+,23+,24+,25+,26-/m1/s1. The van der Waals surface area contributed by atoms with Crippen molar-refractivity contribution < 1.29 is 121 Å². The van der Waals surface area contributed by atoms with E-state index in [1.54, 1.807) is 0 Å². The Morgan fingerprint density at radius 3 is 1.62 bits per heavy atom. The van der Waals surface area contributed by atoms with E-state index >= 15 is 0 Å². The monoisotopic (exact) mass is 801 g/mol. The maximum absolute atomic E-state index is 11.8.